The third-order valence-electron chi connectivity index (χ3n) is 3.00. The number of nitrogens with zero attached hydrogens (tertiary/aromatic N) is 2. The number of amides is 1. The molecule has 0 aliphatic carbocycles. The minimum absolute atomic E-state index is 0.123. The van der Waals surface area contributed by atoms with Crippen molar-refractivity contribution < 1.29 is 23.8 Å². The molecule has 24 heavy (non-hydrogen) atoms. The lowest BCUT2D eigenvalue weighted by molar-refractivity contribution is 0.0184. The summed E-state index contributed by atoms with van der Waals surface area (Å²) in [6.45, 7) is 6.19. The normalized spacial score (nSPS) is 11.0. The van der Waals surface area contributed by atoms with E-state index in [9.17, 15) is 9.59 Å². The summed E-state index contributed by atoms with van der Waals surface area (Å²) in [5, 5.41) is 0. The van der Waals surface area contributed by atoms with Gasteiger partial charge in [0.15, 0.2) is 0 Å². The molecule has 1 aromatic heterocycles. The summed E-state index contributed by atoms with van der Waals surface area (Å²) in [5.74, 6) is -0.572. The fraction of sp³-hybridized carbons (Fsp3) is 0.562. The van der Waals surface area contributed by atoms with E-state index in [0.29, 0.717) is 24.4 Å². The zero-order valence-corrected chi connectivity index (χ0v) is 14.8. The molecule has 0 saturated carbocycles. The number of hydrogen-bond donors (Lipinski definition) is 1. The maximum Gasteiger partial charge on any atom is 0.410 e. The Hall–Kier alpha value is -2.35. The summed E-state index contributed by atoms with van der Waals surface area (Å²) in [6, 6.07) is 1.51. The molecule has 0 unspecified atom stereocenters. The molecule has 1 aromatic rings. The summed E-state index contributed by atoms with van der Waals surface area (Å²) in [4.78, 5) is 29.3. The molecule has 0 bridgehead atoms. The third-order valence-corrected chi connectivity index (χ3v) is 3.00. The van der Waals surface area contributed by atoms with Crippen molar-refractivity contribution in [2.45, 2.75) is 32.9 Å². The molecule has 0 aromatic carbocycles. The predicted molar refractivity (Wildman–Crippen MR) is 88.5 cm³/mol. The van der Waals surface area contributed by atoms with Gasteiger partial charge in [-0.05, 0) is 32.4 Å². The summed E-state index contributed by atoms with van der Waals surface area (Å²) in [6.07, 6.45) is 0.876. The van der Waals surface area contributed by atoms with Crippen LogP contribution in [0.1, 0.15) is 36.8 Å². The first kappa shape index (κ1) is 19.7. The Balaban J connectivity index is 3.01. The van der Waals surface area contributed by atoms with Crippen LogP contribution >= 0.6 is 0 Å². The van der Waals surface area contributed by atoms with Crippen molar-refractivity contribution in [1.29, 1.82) is 0 Å². The van der Waals surface area contributed by atoms with Gasteiger partial charge < -0.3 is 24.8 Å². The van der Waals surface area contributed by atoms with E-state index in [1.807, 2.05) is 0 Å². The highest BCUT2D eigenvalue weighted by molar-refractivity contribution is 5.87. The number of nitrogens with two attached hydrogens (primary N) is 1. The minimum Gasteiger partial charge on any atom is -0.464 e. The van der Waals surface area contributed by atoms with Gasteiger partial charge in [-0.2, -0.15) is 0 Å². The molecule has 8 nitrogen and oxygen atoms in total. The van der Waals surface area contributed by atoms with E-state index in [1.165, 1.54) is 24.3 Å². The molecule has 0 saturated heterocycles. The average molecular weight is 339 g/mol. The van der Waals surface area contributed by atoms with Crippen molar-refractivity contribution in [3.8, 4) is 0 Å². The average Bonchev–Trinajstić information content (AvgIpc) is 2.50. The maximum absolute atomic E-state index is 12.4. The van der Waals surface area contributed by atoms with Gasteiger partial charge in [-0.1, -0.05) is 0 Å². The second kappa shape index (κ2) is 8.49. The highest BCUT2D eigenvalue weighted by atomic mass is 16.6. The molecule has 0 fully saturated rings. The molecule has 0 radical (unpaired) electrons. The van der Waals surface area contributed by atoms with Gasteiger partial charge in [0.05, 0.1) is 32.1 Å². The van der Waals surface area contributed by atoms with E-state index >= 15 is 0 Å². The number of pyridine rings is 1. The van der Waals surface area contributed by atoms with Crippen LogP contribution in [0.2, 0.25) is 0 Å². The molecular weight excluding hydrogens is 314 g/mol. The number of nitrogen functional groups attached to an aromatic ring is 1. The van der Waals surface area contributed by atoms with E-state index < -0.39 is 17.7 Å². The molecule has 0 atom stereocenters. The Kier molecular flexibility index (Phi) is 6.97. The Bertz CT molecular complexity index is 584. The summed E-state index contributed by atoms with van der Waals surface area (Å²) >= 11 is 0. The number of carbonyl (C=O) groups excluding carboxylic acids is 2. The van der Waals surface area contributed by atoms with Gasteiger partial charge in [0.2, 0.25) is 0 Å². The van der Waals surface area contributed by atoms with Crippen LogP contribution in [0.5, 0.6) is 0 Å². The predicted octanol–water partition coefficient (Wildman–Crippen LogP) is 1.83. The number of anilines is 1. The Labute approximate surface area is 141 Å². The molecule has 1 amide bonds. The van der Waals surface area contributed by atoms with Crippen molar-refractivity contribution >= 4 is 17.7 Å². The van der Waals surface area contributed by atoms with Crippen LogP contribution in [-0.4, -0.2) is 54.9 Å². The van der Waals surface area contributed by atoms with Crippen molar-refractivity contribution in [3.63, 3.8) is 0 Å². The maximum atomic E-state index is 12.4. The number of hydrogen-bond acceptors (Lipinski definition) is 7. The standard InChI is InChI=1S/C16H25N3O5/c1-16(2,3)24-15(21)19(6-7-22-4)10-11-8-13(14(20)23-5)18-9-12(11)17/h8-9H,6-7,10,17H2,1-5H3. The van der Waals surface area contributed by atoms with Crippen LogP contribution in [0.3, 0.4) is 0 Å². The lowest BCUT2D eigenvalue weighted by Crippen LogP contribution is -2.38. The van der Waals surface area contributed by atoms with Crippen molar-refractivity contribution in [3.05, 3.63) is 23.5 Å². The second-order valence-corrected chi connectivity index (χ2v) is 6.15. The van der Waals surface area contributed by atoms with Crippen LogP contribution in [0.4, 0.5) is 10.5 Å². The van der Waals surface area contributed by atoms with Gasteiger partial charge in [-0.3, -0.25) is 0 Å². The minimum atomic E-state index is -0.622. The highest BCUT2D eigenvalue weighted by Gasteiger charge is 2.23. The molecule has 8 heteroatoms. The molecule has 0 aliphatic rings. The van der Waals surface area contributed by atoms with Gasteiger partial charge in [-0.25, -0.2) is 14.6 Å². The SMILES string of the molecule is COCCN(Cc1cc(C(=O)OC)ncc1N)C(=O)OC(C)(C)C. The first-order chi connectivity index (χ1) is 11.2. The number of aromatic nitrogens is 1. The lowest BCUT2D eigenvalue weighted by Gasteiger charge is -2.27. The second-order valence-electron chi connectivity index (χ2n) is 6.15. The summed E-state index contributed by atoms with van der Waals surface area (Å²) in [5.41, 5.74) is 6.36. The van der Waals surface area contributed by atoms with Crippen LogP contribution in [0.15, 0.2) is 12.3 Å². The summed E-state index contributed by atoms with van der Waals surface area (Å²) in [7, 11) is 2.81. The van der Waals surface area contributed by atoms with E-state index in [-0.39, 0.29) is 12.2 Å². The largest absolute Gasteiger partial charge is 0.464 e. The third kappa shape index (κ3) is 6.04. The van der Waals surface area contributed by atoms with Gasteiger partial charge in [0.25, 0.3) is 0 Å². The van der Waals surface area contributed by atoms with Crippen LogP contribution in [0, 0.1) is 0 Å². The van der Waals surface area contributed by atoms with Gasteiger partial charge in [0, 0.05) is 13.7 Å². The number of methoxy groups -OCH3 is 2. The van der Waals surface area contributed by atoms with Crippen molar-refractivity contribution in [1.82, 2.24) is 9.88 Å². The van der Waals surface area contributed by atoms with E-state index in [2.05, 4.69) is 9.72 Å². The molecule has 1 rings (SSSR count). The lowest BCUT2D eigenvalue weighted by atomic mass is 10.1. The zero-order valence-electron chi connectivity index (χ0n) is 14.8. The molecule has 0 spiro atoms. The highest BCUT2D eigenvalue weighted by Crippen LogP contribution is 2.17. The van der Waals surface area contributed by atoms with Crippen LogP contribution in [-0.2, 0) is 20.8 Å². The van der Waals surface area contributed by atoms with Crippen molar-refractivity contribution in [2.75, 3.05) is 33.1 Å². The molecular formula is C16H25N3O5. The summed E-state index contributed by atoms with van der Waals surface area (Å²) < 4.78 is 15.1. The topological polar surface area (TPSA) is 104 Å². The molecule has 1 heterocycles. The first-order valence-corrected chi connectivity index (χ1v) is 7.47. The number of carbonyl (C=O) groups is 2. The zero-order chi connectivity index (χ0) is 18.3. The van der Waals surface area contributed by atoms with E-state index in [1.54, 1.807) is 27.9 Å². The van der Waals surface area contributed by atoms with Crippen molar-refractivity contribution in [2.24, 2.45) is 0 Å². The Morgan fingerprint density at radius 3 is 2.50 bits per heavy atom. The Morgan fingerprint density at radius 2 is 1.96 bits per heavy atom. The van der Waals surface area contributed by atoms with Crippen LogP contribution < -0.4 is 5.73 Å². The quantitative estimate of drug-likeness (QED) is 0.788. The fourth-order valence-corrected chi connectivity index (χ4v) is 1.83. The molecule has 0 aliphatic heterocycles. The van der Waals surface area contributed by atoms with Gasteiger partial charge in [0.1, 0.15) is 11.3 Å². The van der Waals surface area contributed by atoms with Crippen LogP contribution in [0.25, 0.3) is 0 Å². The monoisotopic (exact) mass is 339 g/mol. The van der Waals surface area contributed by atoms with E-state index in [0.717, 1.165) is 0 Å². The first-order valence-electron chi connectivity index (χ1n) is 7.47. The van der Waals surface area contributed by atoms with E-state index in [4.69, 9.17) is 15.2 Å². The number of ether oxygens (including phenoxy) is 3. The molecule has 134 valence electrons. The van der Waals surface area contributed by atoms with Gasteiger partial charge in [-0.15, -0.1) is 0 Å². The fourth-order valence-electron chi connectivity index (χ4n) is 1.83. The number of rotatable bonds is 6. The van der Waals surface area contributed by atoms with Gasteiger partial charge >= 0.3 is 12.1 Å². The number of esters is 1. The Morgan fingerprint density at radius 1 is 1.29 bits per heavy atom. The molecule has 2 N–H and O–H groups in total. The smallest absolute Gasteiger partial charge is 0.410 e.